The third kappa shape index (κ3) is 48.3. The second-order valence-electron chi connectivity index (χ2n) is 34.3. The molecule has 1 aliphatic carbocycles. The molecule has 1 aliphatic rings. The molecule has 0 aromatic heterocycles. The Morgan fingerprint density at radius 1 is 0.441 bits per heavy atom. The maximum atomic E-state index is 12.9. The van der Waals surface area contributed by atoms with Crippen molar-refractivity contribution in [3.8, 4) is 5.75 Å². The van der Waals surface area contributed by atoms with E-state index in [4.69, 9.17) is 45.8 Å². The molecule has 0 spiro atoms. The summed E-state index contributed by atoms with van der Waals surface area (Å²) in [6.07, 6.45) is 5.74. The minimum absolute atomic E-state index is 0.0435. The van der Waals surface area contributed by atoms with Gasteiger partial charge in [-0.3, -0.25) is 97.1 Å². The third-order valence-corrected chi connectivity index (χ3v) is 20.6. The average molecular weight is 1790 g/mol. The van der Waals surface area contributed by atoms with Crippen LogP contribution < -0.4 is 53.5 Å². The number of nitrogens with two attached hydrogens (primary N) is 1. The van der Waals surface area contributed by atoms with Gasteiger partial charge in [-0.1, -0.05) is 150 Å². The normalized spacial score (nSPS) is 13.5. The summed E-state index contributed by atoms with van der Waals surface area (Å²) in [5, 5.41) is 57.5. The van der Waals surface area contributed by atoms with E-state index in [1.54, 1.807) is 39.0 Å². The lowest BCUT2D eigenvalue weighted by atomic mass is 9.82. The summed E-state index contributed by atoms with van der Waals surface area (Å²) in [5.74, 6) is -10.1. The fraction of sp³-hybridized carbons (Fsp3) is 0.624. The van der Waals surface area contributed by atoms with Crippen molar-refractivity contribution in [2.24, 2.45) is 88.1 Å². The summed E-state index contributed by atoms with van der Waals surface area (Å²) < 4.78 is 14.7. The fourth-order valence-electron chi connectivity index (χ4n) is 14.2. The number of rotatable bonds is 54. The van der Waals surface area contributed by atoms with Crippen LogP contribution in [-0.2, 0) is 117 Å². The van der Waals surface area contributed by atoms with Gasteiger partial charge in [0, 0.05) is 88.1 Å². The second-order valence-corrected chi connectivity index (χ2v) is 34.3. The summed E-state index contributed by atoms with van der Waals surface area (Å²) in [4.78, 5) is 204. The molecular weight excluding hydrogens is 1640 g/mol. The van der Waals surface area contributed by atoms with Crippen LogP contribution in [0.25, 0.3) is 0 Å². The van der Waals surface area contributed by atoms with Crippen molar-refractivity contribution >= 4 is 99.8 Å². The highest BCUT2D eigenvalue weighted by atomic mass is 16.5. The number of ether oxygens (including phenoxy) is 3. The van der Waals surface area contributed by atoms with Gasteiger partial charge >= 0.3 is 11.9 Å². The zero-order chi connectivity index (χ0) is 96.6. The molecule has 0 fully saturated rings. The highest BCUT2D eigenvalue weighted by Crippen LogP contribution is 2.38. The molecule has 0 radical (unpaired) electrons. The Balaban J connectivity index is 0.00000157. The van der Waals surface area contributed by atoms with Crippen LogP contribution in [0.15, 0.2) is 78.9 Å². The first-order valence-electron chi connectivity index (χ1n) is 43.7. The van der Waals surface area contributed by atoms with Gasteiger partial charge < -0.3 is 56.7 Å². The molecule has 0 aliphatic heterocycles. The summed E-state index contributed by atoms with van der Waals surface area (Å²) in [6, 6.07) is 24.2. The van der Waals surface area contributed by atoms with Crippen molar-refractivity contribution in [2.45, 2.75) is 232 Å². The first kappa shape index (κ1) is 116. The minimum Gasteiger partial charge on any atom is -0.497 e. The Bertz CT molecular complexity index is 3920. The zero-order valence-electron chi connectivity index (χ0n) is 77.5. The third-order valence-electron chi connectivity index (χ3n) is 20.6. The van der Waals surface area contributed by atoms with E-state index in [0.29, 0.717) is 64.3 Å². The molecule has 127 heavy (non-hydrogen) atoms. The molecule has 4 rings (SSSR count). The number of esters is 2. The van der Waals surface area contributed by atoms with Crippen LogP contribution in [0.5, 0.6) is 5.75 Å². The van der Waals surface area contributed by atoms with Crippen molar-refractivity contribution in [1.82, 2.24) is 43.0 Å². The quantitative estimate of drug-likeness (QED) is 0.00858. The van der Waals surface area contributed by atoms with Gasteiger partial charge in [0.15, 0.2) is 17.3 Å². The number of aliphatic hydroxyl groups is 2. The Morgan fingerprint density at radius 2 is 0.906 bits per heavy atom. The molecule has 712 valence electrons. The summed E-state index contributed by atoms with van der Waals surface area (Å²) >= 11 is 0. The number of carbonyl (C=O) groups excluding carboxylic acids is 17. The molecule has 0 saturated carbocycles. The van der Waals surface area contributed by atoms with E-state index < -0.39 is 113 Å². The van der Waals surface area contributed by atoms with Crippen molar-refractivity contribution in [2.75, 3.05) is 60.2 Å². The number of primary amides is 1. The predicted octanol–water partition coefficient (Wildman–Crippen LogP) is 7.44. The van der Waals surface area contributed by atoms with Crippen molar-refractivity contribution < 1.29 is 122 Å². The van der Waals surface area contributed by atoms with Gasteiger partial charge in [-0.15, -0.1) is 0 Å². The minimum atomic E-state index is -1.27. The molecule has 3 aromatic carbocycles. The lowest BCUT2D eigenvalue weighted by Gasteiger charge is -2.25. The van der Waals surface area contributed by atoms with Gasteiger partial charge in [0.2, 0.25) is 41.4 Å². The molecule has 34 heteroatoms. The number of hydrogen-bond acceptors (Lipinski definition) is 25. The monoisotopic (exact) mass is 1790 g/mol. The van der Waals surface area contributed by atoms with E-state index in [-0.39, 0.29) is 166 Å². The topological polar surface area (TPSA) is 541 Å². The SMILES string of the molecule is CC(C)C[C@H](C(=O)NO)C(=O)N[C@@H](C)C(=O)CCC(N)=O.CCOC(=O)CNC(=O)[C@@H](CC(=O)C(CC(C)C)C(=O)CO)CC(C)C.CCOC(=O)CNC(=O)[C@@H](CC(=O)C(CCC(=O)CO)CC(C)C)CC(C)C.CNC(=O)[C@@H](CC(=O)[C@@H](CC(=O)NO)CC(C)C)Cc1ccc(OC)cc1.O=C(NO)C1(C(=O)NCCCc2ccccc2)Cc2ccccc2C1. The van der Waals surface area contributed by atoms with Gasteiger partial charge in [-0.05, 0) is 168 Å². The first-order chi connectivity index (χ1) is 59.9. The largest absolute Gasteiger partial charge is 0.497 e. The molecule has 0 bridgehead atoms. The van der Waals surface area contributed by atoms with Gasteiger partial charge in [0.25, 0.3) is 11.8 Å². The molecule has 9 amide bonds. The van der Waals surface area contributed by atoms with Crippen molar-refractivity contribution in [3.63, 3.8) is 0 Å². The average Bonchev–Trinajstić information content (AvgIpc) is 1.62. The highest BCUT2D eigenvalue weighted by molar-refractivity contribution is 6.06. The number of methoxy groups -OCH3 is 1. The maximum absolute atomic E-state index is 12.9. The maximum Gasteiger partial charge on any atom is 0.325 e. The van der Waals surface area contributed by atoms with E-state index in [1.165, 1.54) is 18.0 Å². The Labute approximate surface area is 748 Å². The number of hydrogen-bond donors (Lipinski definition) is 14. The van der Waals surface area contributed by atoms with Crippen LogP contribution in [0.2, 0.25) is 0 Å². The standard InChI is InChI=1S/C21H37NO6.C20H30N2O5.C20H22N2O3.C19H33NO6.C13H23N3O5/c1-6-28-20(26)12-22-21(27)17(10-15(4)5)11-19(25)16(9-14(2)3)7-8-18(24)13-23;1-13(2)9-15(12-19(24)22-26)18(23)11-16(20(25)21-3)10-14-5-7-17(27-4)8-6-14;23-18(21-12-6-9-15-7-2-1-3-8-15)20(19(24)22-25)13-16-10-4-5-11-17(16)14-20;1-6-26-18(24)10-20-19(25)14(7-12(2)3)9-16(22)15(8-13(4)5)17(23)11-21;1-7(2)6-9(13(20)16-21)12(19)15-8(3)10(17)4-5-11(14)18/h14-17,23H,6-13H2,1-5H3,(H,22,27);5-8,13,15-16,26H,9-12H2,1-4H3,(H,21,25)(H,22,24);1-5,7-8,10-11,25H,6,9,12-14H2,(H,21,23)(H,22,24);12-15,21H,6-11H2,1-5H3,(H,20,25);7-9,21H,4-6H2,1-3H3,(H2,14,18)(H,15,19)(H,16,20)/t16?,17-;15-,16-;;14-,15?;8-,9-/m11.10/s1. The number of aliphatic hydroxyl groups excluding tert-OH is 2. The van der Waals surface area contributed by atoms with Gasteiger partial charge in [0.1, 0.15) is 60.7 Å². The van der Waals surface area contributed by atoms with E-state index in [1.807, 2.05) is 150 Å². The number of Topliss-reactive ketones (excluding diaryl/α,β-unsaturated/α-hetero) is 6. The van der Waals surface area contributed by atoms with Gasteiger partial charge in [-0.25, -0.2) is 16.4 Å². The number of nitrogens with one attached hydrogen (secondary N) is 8. The van der Waals surface area contributed by atoms with Gasteiger partial charge in [-0.2, -0.15) is 0 Å². The Morgan fingerprint density at radius 3 is 1.35 bits per heavy atom. The molecular formula is C93H145N9O25. The summed E-state index contributed by atoms with van der Waals surface area (Å²) in [7, 11) is 3.12. The summed E-state index contributed by atoms with van der Waals surface area (Å²) in [6.45, 7) is 27.3. The number of amides is 9. The molecule has 0 saturated heterocycles. The Hall–Kier alpha value is -10.6. The summed E-state index contributed by atoms with van der Waals surface area (Å²) in [5.41, 5.74) is 12.5. The van der Waals surface area contributed by atoms with E-state index in [9.17, 15) is 81.5 Å². The van der Waals surface area contributed by atoms with Crippen LogP contribution >= 0.6 is 0 Å². The van der Waals surface area contributed by atoms with Crippen LogP contribution in [-0.4, -0.2) is 192 Å². The molecule has 3 aromatic rings. The number of aryl methyl sites for hydroxylation is 1. The molecule has 2 unspecified atom stereocenters. The van der Waals surface area contributed by atoms with Crippen molar-refractivity contribution in [3.05, 3.63) is 101 Å². The number of hydroxylamine groups is 3. The zero-order valence-corrected chi connectivity index (χ0v) is 77.5. The molecule has 34 nitrogen and oxygen atoms in total. The van der Waals surface area contributed by atoms with E-state index >= 15 is 0 Å². The molecule has 0 heterocycles. The smallest absolute Gasteiger partial charge is 0.325 e. The van der Waals surface area contributed by atoms with E-state index in [0.717, 1.165) is 35.3 Å². The van der Waals surface area contributed by atoms with Crippen molar-refractivity contribution in [1.29, 1.82) is 0 Å². The van der Waals surface area contributed by atoms with Crippen LogP contribution in [0.4, 0.5) is 0 Å². The van der Waals surface area contributed by atoms with Gasteiger partial charge in [0.05, 0.1) is 32.3 Å². The predicted molar refractivity (Wildman–Crippen MR) is 473 cm³/mol. The van der Waals surface area contributed by atoms with Crippen LogP contribution in [0.1, 0.15) is 222 Å². The first-order valence-corrected chi connectivity index (χ1v) is 43.7. The molecule has 15 N–H and O–H groups in total. The second kappa shape index (κ2) is 64.2. The number of ketones is 6. The number of fused-ring (bicyclic) bond motifs is 1. The Kier molecular flexibility index (Phi) is 58.9. The fourth-order valence-corrected chi connectivity index (χ4v) is 14.2. The number of benzene rings is 3. The van der Waals surface area contributed by atoms with E-state index in [2.05, 4.69) is 38.7 Å². The lowest BCUT2D eigenvalue weighted by Crippen LogP contribution is -2.51. The lowest BCUT2D eigenvalue weighted by molar-refractivity contribution is -0.149. The molecule has 8 atom stereocenters. The highest BCUT2D eigenvalue weighted by Gasteiger charge is 2.50. The van der Waals surface area contributed by atoms with Crippen LogP contribution in [0, 0.1) is 82.3 Å². The number of carbonyl (C=O) groups is 17. The van der Waals surface area contributed by atoms with Crippen LogP contribution in [0.3, 0.4) is 0 Å².